The molecule has 0 bridgehead atoms. The van der Waals surface area contributed by atoms with Crippen LogP contribution in [-0.4, -0.2) is 91.3 Å². The largest absolute Gasteiger partial charge is 1.00 e. The molecule has 1 N–H and O–H groups in total. The number of carboxylic acids is 4. The van der Waals surface area contributed by atoms with Gasteiger partial charge < -0.3 is 81.8 Å². The third-order valence-corrected chi connectivity index (χ3v) is 8.08. The Hall–Kier alpha value is -0.180. The zero-order valence-corrected chi connectivity index (χ0v) is 44.6. The van der Waals surface area contributed by atoms with Gasteiger partial charge in [0.05, 0.1) is 61.4 Å². The molecule has 5 rings (SSSR count). The fourth-order valence-corrected chi connectivity index (χ4v) is 5.87. The summed E-state index contributed by atoms with van der Waals surface area (Å²) in [5.74, 6) is -8.35. The first-order valence-corrected chi connectivity index (χ1v) is 16.1. The quantitative estimate of drug-likeness (QED) is 0.0874. The number of carbonyl (C=O) groups excluding carboxylic acids is 5. The molecule has 0 atom stereocenters. The van der Waals surface area contributed by atoms with Gasteiger partial charge in [-0.25, -0.2) is 4.39 Å². The third kappa shape index (κ3) is 15.6. The summed E-state index contributed by atoms with van der Waals surface area (Å²) in [5.41, 5.74) is 1.01. The van der Waals surface area contributed by atoms with E-state index in [4.69, 9.17) is 9.47 Å². The van der Waals surface area contributed by atoms with Gasteiger partial charge in [-0.2, -0.15) is 0 Å². The molecule has 0 unspecified atom stereocenters. The number of anilines is 3. The molecule has 0 spiro atoms. The number of amides is 1. The van der Waals surface area contributed by atoms with Gasteiger partial charge in [-0.05, 0) is 48.5 Å². The van der Waals surface area contributed by atoms with E-state index in [9.17, 15) is 48.8 Å². The molecule has 2 aliphatic heterocycles. The van der Waals surface area contributed by atoms with Crippen LogP contribution in [0.15, 0.2) is 66.5 Å². The van der Waals surface area contributed by atoms with Crippen molar-refractivity contribution in [1.82, 2.24) is 4.48 Å². The second-order valence-corrected chi connectivity index (χ2v) is 12.0. The standard InChI is InChI=1S/C34H33BF3N5O11.4K/c36-22-4-6-26(40(17-31(45)46)18-32(47)48)28(13-22)53-10-11-54-29-14-23(5-7-27(29)41(19-33(49)50)20-34(51)52)39-30(44)8-3-21-12-25-15-24-2-1-9-42(24)35(37,38)43(25)16-21;;;;/h1-2,4-7,9,12-16H,3,8,10-11,17-20H2,(H,39,44)(H,45,46)(H,47,48)(H,49,50)(H,51,52);;;;/q;4*+1/p-4. The molecule has 58 heavy (non-hydrogen) atoms. The number of carbonyl (C=O) groups is 5. The maximum Gasteiger partial charge on any atom is 1.00 e. The topological polar surface area (TPSA) is 222 Å². The number of halogens is 3. The minimum Gasteiger partial charge on any atom is -0.548 e. The van der Waals surface area contributed by atoms with Crippen LogP contribution in [0.3, 0.4) is 0 Å². The maximum absolute atomic E-state index is 15.1. The third-order valence-electron chi connectivity index (χ3n) is 8.08. The molecular formula is C34H29BF3K4N5O11. The molecule has 1 amide bonds. The number of nitrogens with zero attached hydrogens (tertiary/aromatic N) is 4. The molecule has 16 nitrogen and oxygen atoms in total. The number of aliphatic carboxylic acids is 4. The van der Waals surface area contributed by atoms with Crippen LogP contribution >= 0.6 is 0 Å². The Morgan fingerprint density at radius 1 is 0.759 bits per heavy atom. The monoisotopic (exact) mass is 907 g/mol. The molecule has 0 saturated carbocycles. The zero-order valence-electron chi connectivity index (χ0n) is 32.1. The molecule has 284 valence electrons. The number of aromatic nitrogens is 1. The smallest absolute Gasteiger partial charge is 0.548 e. The maximum atomic E-state index is 15.1. The average molecular weight is 908 g/mol. The number of nitrogens with one attached hydrogen (secondary N) is 1. The van der Waals surface area contributed by atoms with Crippen LogP contribution in [0.4, 0.5) is 30.1 Å². The van der Waals surface area contributed by atoms with Crippen LogP contribution in [0.5, 0.6) is 11.5 Å². The van der Waals surface area contributed by atoms with E-state index in [0.29, 0.717) is 11.3 Å². The van der Waals surface area contributed by atoms with E-state index < -0.39 is 82.0 Å². The Bertz CT molecular complexity index is 2070. The van der Waals surface area contributed by atoms with E-state index in [1.54, 1.807) is 18.2 Å². The molecule has 0 saturated heterocycles. The number of benzene rings is 2. The van der Waals surface area contributed by atoms with Crippen molar-refractivity contribution in [2.75, 3.05) is 54.5 Å². The van der Waals surface area contributed by atoms with Crippen molar-refractivity contribution < 1.29 is 277 Å². The fourth-order valence-electron chi connectivity index (χ4n) is 5.87. The van der Waals surface area contributed by atoms with Crippen LogP contribution in [-0.2, 0) is 30.4 Å². The Morgan fingerprint density at radius 3 is 1.81 bits per heavy atom. The SMILES string of the molecule is O=C([O-])CN(CC(=O)[O-])c1ccc(F)cc1OCCOc1cc(NC(=O)CCc2cc3n(c2)[B-](F)(F)[N+]2=CC=CC2=C3)ccc1N(CC(=O)[O-])CC(=O)[O-].[K+].[K+].[K+].[K+]. The second kappa shape index (κ2) is 25.8. The Morgan fingerprint density at radius 2 is 1.28 bits per heavy atom. The minimum absolute atomic E-state index is 0. The second-order valence-electron chi connectivity index (χ2n) is 12.0. The Labute approximate surface area is 500 Å². The normalized spacial score (nSPS) is 12.6. The molecule has 0 aliphatic carbocycles. The van der Waals surface area contributed by atoms with Crippen LogP contribution in [0, 0.1) is 5.82 Å². The van der Waals surface area contributed by atoms with Crippen molar-refractivity contribution in [2.24, 2.45) is 0 Å². The van der Waals surface area contributed by atoms with Crippen molar-refractivity contribution in [3.8, 4) is 11.5 Å². The number of carboxylic acid groups (broad SMARTS) is 4. The van der Waals surface area contributed by atoms with Gasteiger partial charge in [0, 0.05) is 48.2 Å². The van der Waals surface area contributed by atoms with Gasteiger partial charge in [-0.3, -0.25) is 4.79 Å². The number of rotatable bonds is 19. The summed E-state index contributed by atoms with van der Waals surface area (Å²) < 4.78 is 57.3. The van der Waals surface area contributed by atoms with E-state index in [1.807, 2.05) is 0 Å². The zero-order chi connectivity index (χ0) is 39.2. The molecule has 0 fully saturated rings. The van der Waals surface area contributed by atoms with Crippen molar-refractivity contribution in [2.45, 2.75) is 12.8 Å². The first-order valence-electron chi connectivity index (χ1n) is 16.1. The van der Waals surface area contributed by atoms with E-state index in [0.717, 1.165) is 37.0 Å². The van der Waals surface area contributed by atoms with E-state index in [2.05, 4.69) is 5.32 Å². The van der Waals surface area contributed by atoms with Gasteiger partial charge in [-0.15, -0.1) is 0 Å². The Balaban J connectivity index is 0.00000420. The molecule has 1 aromatic heterocycles. The fraction of sp³-hybridized carbons (Fsp3) is 0.235. The number of fused-ring (bicyclic) bond motifs is 2. The summed E-state index contributed by atoms with van der Waals surface area (Å²) in [4.78, 5) is 59.9. The summed E-state index contributed by atoms with van der Waals surface area (Å²) in [6.45, 7) is -8.53. The number of allylic oxidation sites excluding steroid dienone is 2. The van der Waals surface area contributed by atoms with Crippen LogP contribution in [0.25, 0.3) is 6.08 Å². The summed E-state index contributed by atoms with van der Waals surface area (Å²) >= 11 is 0. The molecular weight excluding hydrogens is 879 g/mol. The van der Waals surface area contributed by atoms with Crippen LogP contribution in [0.2, 0.25) is 0 Å². The molecule has 3 aromatic rings. The van der Waals surface area contributed by atoms with E-state index in [-0.39, 0.29) is 253 Å². The van der Waals surface area contributed by atoms with Gasteiger partial charge in [0.1, 0.15) is 36.7 Å². The van der Waals surface area contributed by atoms with E-state index in [1.165, 1.54) is 36.7 Å². The molecule has 3 heterocycles. The molecule has 0 radical (unpaired) electrons. The van der Waals surface area contributed by atoms with Gasteiger partial charge >= 0.3 is 213 Å². The van der Waals surface area contributed by atoms with Crippen molar-refractivity contribution in [3.63, 3.8) is 0 Å². The molecule has 2 aliphatic rings. The van der Waals surface area contributed by atoms with Gasteiger partial charge in [0.2, 0.25) is 5.91 Å². The molecule has 24 heteroatoms. The van der Waals surface area contributed by atoms with Crippen molar-refractivity contribution in [3.05, 3.63) is 83.6 Å². The van der Waals surface area contributed by atoms with Crippen LogP contribution < -0.4 is 251 Å². The summed E-state index contributed by atoms with van der Waals surface area (Å²) in [6.07, 6.45) is 7.20. The predicted octanol–water partition coefficient (Wildman–Crippen LogP) is -14.5. The van der Waals surface area contributed by atoms with Crippen LogP contribution in [0.1, 0.15) is 17.7 Å². The van der Waals surface area contributed by atoms with Gasteiger partial charge in [0.15, 0.2) is 5.70 Å². The predicted molar refractivity (Wildman–Crippen MR) is 176 cm³/mol. The van der Waals surface area contributed by atoms with Crippen molar-refractivity contribution >= 4 is 66.1 Å². The first kappa shape index (κ1) is 55.8. The number of ether oxygens (including phenoxy) is 2. The Kier molecular flexibility index (Phi) is 24.8. The molecule has 2 aromatic carbocycles. The summed E-state index contributed by atoms with van der Waals surface area (Å²) in [7, 11) is 0. The summed E-state index contributed by atoms with van der Waals surface area (Å²) in [6, 6.07) is 8.29. The number of hydrogen-bond acceptors (Lipinski definition) is 13. The average Bonchev–Trinajstić information content (AvgIpc) is 3.73. The summed E-state index contributed by atoms with van der Waals surface area (Å²) in [5, 5.41) is 47.9. The van der Waals surface area contributed by atoms with Gasteiger partial charge in [0.25, 0.3) is 0 Å². The first-order chi connectivity index (χ1) is 25.6. The van der Waals surface area contributed by atoms with E-state index >= 15 is 8.63 Å². The minimum atomic E-state index is -4.12. The number of hydrogen-bond donors (Lipinski definition) is 1. The van der Waals surface area contributed by atoms with Crippen molar-refractivity contribution in [1.29, 1.82) is 0 Å². The van der Waals surface area contributed by atoms with Gasteiger partial charge in [-0.1, -0.05) is 0 Å². The number of aryl methyl sites for hydroxylation is 1.